The van der Waals surface area contributed by atoms with Crippen molar-refractivity contribution in [3.63, 3.8) is 0 Å². The predicted octanol–water partition coefficient (Wildman–Crippen LogP) is -0.156. The monoisotopic (exact) mass is 129 g/mol. The van der Waals surface area contributed by atoms with E-state index < -0.39 is 0 Å². The summed E-state index contributed by atoms with van der Waals surface area (Å²) in [5.74, 6) is 0. The molecule has 54 valence electrons. The lowest BCUT2D eigenvalue weighted by Crippen LogP contribution is -2.04. The number of rotatable bonds is 1. The highest BCUT2D eigenvalue weighted by molar-refractivity contribution is 5.56. The van der Waals surface area contributed by atoms with Crippen LogP contribution in [0.15, 0.2) is 4.99 Å². The molecule has 0 saturated heterocycles. The number of nitrogens with one attached hydrogen (secondary N) is 2. The first kappa shape index (κ1) is 8.43. The average Bonchev–Trinajstić information content (AvgIpc) is 2.43. The maximum atomic E-state index is 3.85. The van der Waals surface area contributed by atoms with Crippen molar-refractivity contribution in [2.75, 3.05) is 26.7 Å². The minimum atomic E-state index is 0.958. The molecule has 0 unspecified atom stereocenters. The number of nitrogens with zero attached hydrogens (tertiary/aromatic N) is 1. The van der Waals surface area contributed by atoms with E-state index in [4.69, 9.17) is 0 Å². The molecule has 3 nitrogen and oxygen atoms in total. The second-order valence-corrected chi connectivity index (χ2v) is 1.70. The van der Waals surface area contributed by atoms with Gasteiger partial charge in [0.25, 0.3) is 0 Å². The zero-order valence-corrected chi connectivity index (χ0v) is 6.15. The van der Waals surface area contributed by atoms with E-state index in [1.165, 1.54) is 0 Å². The van der Waals surface area contributed by atoms with E-state index >= 15 is 0 Å². The van der Waals surface area contributed by atoms with Crippen LogP contribution >= 0.6 is 0 Å². The van der Waals surface area contributed by atoms with Gasteiger partial charge in [0.05, 0.1) is 12.9 Å². The highest BCUT2D eigenvalue weighted by atomic mass is 15.0. The molecule has 0 atom stereocenters. The first-order valence-electron chi connectivity index (χ1n) is 3.28. The number of hydrogen-bond acceptors (Lipinski definition) is 3. The van der Waals surface area contributed by atoms with E-state index in [9.17, 15) is 0 Å². The van der Waals surface area contributed by atoms with Crippen LogP contribution in [0.25, 0.3) is 0 Å². The van der Waals surface area contributed by atoms with Crippen LogP contribution in [0.4, 0.5) is 0 Å². The molecule has 2 N–H and O–H groups in total. The highest BCUT2D eigenvalue weighted by Gasteiger charge is 1.82. The third kappa shape index (κ3) is 7.43. The molecule has 0 amide bonds. The van der Waals surface area contributed by atoms with Gasteiger partial charge in [-0.15, -0.1) is 0 Å². The summed E-state index contributed by atoms with van der Waals surface area (Å²) in [7, 11) is 1.93. The van der Waals surface area contributed by atoms with E-state index in [0.717, 1.165) is 19.6 Å². The zero-order chi connectivity index (χ0) is 6.95. The van der Waals surface area contributed by atoms with Gasteiger partial charge in [0.2, 0.25) is 0 Å². The Morgan fingerprint density at radius 3 is 2.56 bits per heavy atom. The van der Waals surface area contributed by atoms with Crippen LogP contribution in [-0.2, 0) is 0 Å². The maximum Gasteiger partial charge on any atom is 0.0825 e. The lowest BCUT2D eigenvalue weighted by molar-refractivity contribution is 0.864. The Bertz CT molecular complexity index is 62.7. The van der Waals surface area contributed by atoms with Crippen LogP contribution in [0.2, 0.25) is 0 Å². The third-order valence-corrected chi connectivity index (χ3v) is 0.921. The Labute approximate surface area is 56.6 Å². The lowest BCUT2D eigenvalue weighted by Gasteiger charge is -1.76. The Morgan fingerprint density at radius 2 is 2.44 bits per heavy atom. The number of hydrogen-bond donors (Lipinski definition) is 2. The third-order valence-electron chi connectivity index (χ3n) is 0.921. The van der Waals surface area contributed by atoms with Gasteiger partial charge >= 0.3 is 0 Å². The van der Waals surface area contributed by atoms with Crippen molar-refractivity contribution in [2.45, 2.75) is 6.92 Å². The zero-order valence-electron chi connectivity index (χ0n) is 6.15. The molecule has 0 fully saturated rings. The second-order valence-electron chi connectivity index (χ2n) is 1.70. The quantitative estimate of drug-likeness (QED) is 0.516. The first-order valence-corrected chi connectivity index (χ1v) is 3.28. The smallest absolute Gasteiger partial charge is 0.0825 e. The van der Waals surface area contributed by atoms with Gasteiger partial charge in [0, 0.05) is 6.54 Å². The molecule has 0 aromatic heterocycles. The largest absolute Gasteiger partial charge is 0.375 e. The summed E-state index contributed by atoms with van der Waals surface area (Å²) >= 11 is 0. The lowest BCUT2D eigenvalue weighted by atomic mass is 10.7. The van der Waals surface area contributed by atoms with Crippen molar-refractivity contribution in [1.82, 2.24) is 10.6 Å². The summed E-state index contributed by atoms with van der Waals surface area (Å²) in [4.78, 5) is 3.85. The molecule has 1 rings (SSSR count). The Morgan fingerprint density at radius 1 is 1.78 bits per heavy atom. The van der Waals surface area contributed by atoms with Crippen molar-refractivity contribution in [3.8, 4) is 0 Å². The highest BCUT2D eigenvalue weighted by Crippen LogP contribution is 1.68. The van der Waals surface area contributed by atoms with Gasteiger partial charge in [-0.25, -0.2) is 0 Å². The van der Waals surface area contributed by atoms with Crippen molar-refractivity contribution < 1.29 is 0 Å². The van der Waals surface area contributed by atoms with Gasteiger partial charge in [0.15, 0.2) is 0 Å². The maximum absolute atomic E-state index is 3.85. The van der Waals surface area contributed by atoms with Crippen LogP contribution in [-0.4, -0.2) is 33.0 Å². The summed E-state index contributed by atoms with van der Waals surface area (Å²) in [6.45, 7) is 5.12. The van der Waals surface area contributed by atoms with Crippen molar-refractivity contribution in [1.29, 1.82) is 0 Å². The first-order chi connectivity index (χ1) is 4.41. The van der Waals surface area contributed by atoms with Gasteiger partial charge in [0.1, 0.15) is 0 Å². The van der Waals surface area contributed by atoms with Crippen LogP contribution in [0.1, 0.15) is 6.92 Å². The molecular formula is C6H15N3. The summed E-state index contributed by atoms with van der Waals surface area (Å²) in [6, 6.07) is 0. The molecule has 0 aromatic carbocycles. The topological polar surface area (TPSA) is 36.4 Å². The van der Waals surface area contributed by atoms with Crippen molar-refractivity contribution >= 4 is 6.34 Å². The molecule has 9 heavy (non-hydrogen) atoms. The molecule has 0 saturated carbocycles. The van der Waals surface area contributed by atoms with Gasteiger partial charge in [-0.2, -0.15) is 0 Å². The molecule has 1 aliphatic heterocycles. The SMILES string of the molecule is C1=NCCN1.CCNC. The molecule has 0 aliphatic carbocycles. The molecular weight excluding hydrogens is 114 g/mol. The second kappa shape index (κ2) is 7.43. The fourth-order valence-corrected chi connectivity index (χ4v) is 0.323. The van der Waals surface area contributed by atoms with E-state index in [0.29, 0.717) is 0 Å². The molecule has 1 aliphatic rings. The summed E-state index contributed by atoms with van der Waals surface area (Å²) in [5, 5.41) is 5.86. The molecule has 3 heteroatoms. The summed E-state index contributed by atoms with van der Waals surface area (Å²) in [5.41, 5.74) is 0. The Balaban J connectivity index is 0.000000148. The molecule has 0 aromatic rings. The van der Waals surface area contributed by atoms with Crippen molar-refractivity contribution in [3.05, 3.63) is 0 Å². The average molecular weight is 129 g/mol. The predicted molar refractivity (Wildman–Crippen MR) is 41.0 cm³/mol. The van der Waals surface area contributed by atoms with E-state index in [1.54, 1.807) is 6.34 Å². The van der Waals surface area contributed by atoms with Gasteiger partial charge in [-0.1, -0.05) is 6.92 Å². The molecule has 0 bridgehead atoms. The minimum absolute atomic E-state index is 0.958. The molecule has 0 radical (unpaired) electrons. The van der Waals surface area contributed by atoms with E-state index in [2.05, 4.69) is 22.5 Å². The van der Waals surface area contributed by atoms with Gasteiger partial charge in [-0.3, -0.25) is 4.99 Å². The van der Waals surface area contributed by atoms with Crippen molar-refractivity contribution in [2.24, 2.45) is 4.99 Å². The number of aliphatic imine (C=N–C) groups is 1. The summed E-state index contributed by atoms with van der Waals surface area (Å²) < 4.78 is 0. The fourth-order valence-electron chi connectivity index (χ4n) is 0.323. The van der Waals surface area contributed by atoms with Gasteiger partial charge in [-0.05, 0) is 13.6 Å². The normalized spacial score (nSPS) is 14.0. The van der Waals surface area contributed by atoms with Gasteiger partial charge < -0.3 is 10.6 Å². The summed E-state index contributed by atoms with van der Waals surface area (Å²) in [6.07, 6.45) is 1.74. The van der Waals surface area contributed by atoms with Crippen LogP contribution in [0.5, 0.6) is 0 Å². The Hall–Kier alpha value is -0.570. The molecule has 0 spiro atoms. The van der Waals surface area contributed by atoms with Crippen LogP contribution < -0.4 is 10.6 Å². The fraction of sp³-hybridized carbons (Fsp3) is 0.833. The Kier molecular flexibility index (Phi) is 6.96. The standard InChI is InChI=1S/C3H6N2.C3H9N/c1-2-5-3-4-1;1-3-4-2/h3H,1-2H2,(H,4,5);4H,3H2,1-2H3. The van der Waals surface area contributed by atoms with Crippen LogP contribution in [0, 0.1) is 0 Å². The molecule has 1 heterocycles. The minimum Gasteiger partial charge on any atom is -0.375 e. The van der Waals surface area contributed by atoms with Crippen LogP contribution in [0.3, 0.4) is 0 Å². The van der Waals surface area contributed by atoms with E-state index in [-0.39, 0.29) is 0 Å². The van der Waals surface area contributed by atoms with E-state index in [1.807, 2.05) is 7.05 Å².